The molecule has 14 heavy (non-hydrogen) atoms. The highest BCUT2D eigenvalue weighted by atomic mass is 35.7. The second kappa shape index (κ2) is 6.30. The number of halogens is 2. The highest BCUT2D eigenvalue weighted by molar-refractivity contribution is 7.42. The Kier molecular flexibility index (Phi) is 5.74. The summed E-state index contributed by atoms with van der Waals surface area (Å²) in [6.45, 7) is 2.25. The summed E-state index contributed by atoms with van der Waals surface area (Å²) < 4.78 is 15.6. The largest absolute Gasteiger partial charge is 0.393 e. The predicted molar refractivity (Wildman–Crippen MR) is 59.1 cm³/mol. The molecule has 3 nitrogen and oxygen atoms in total. The first-order chi connectivity index (χ1) is 6.64. The standard InChI is InChI=1S/C8H16Cl2O3Si/c1-2-13-14(9,10)5-3-4-11-6-8-7-12-8/h8H,2-7H2,1H3. The normalized spacial score (nSPS) is 21.2. The molecule has 0 aromatic carbocycles. The minimum atomic E-state index is -2.43. The van der Waals surface area contributed by atoms with Gasteiger partial charge in [0, 0.05) is 13.2 Å². The molecule has 1 saturated heterocycles. The van der Waals surface area contributed by atoms with Gasteiger partial charge in [0.1, 0.15) is 6.10 Å². The van der Waals surface area contributed by atoms with Crippen molar-refractivity contribution < 1.29 is 13.9 Å². The van der Waals surface area contributed by atoms with Crippen LogP contribution < -0.4 is 0 Å². The highest BCUT2D eigenvalue weighted by Crippen LogP contribution is 2.23. The molecule has 0 bridgehead atoms. The van der Waals surface area contributed by atoms with Gasteiger partial charge in [0.2, 0.25) is 0 Å². The minimum Gasteiger partial charge on any atom is -0.393 e. The Morgan fingerprint density at radius 1 is 1.50 bits per heavy atom. The molecular formula is C8H16Cl2O3Si. The van der Waals surface area contributed by atoms with Crippen molar-refractivity contribution in [2.24, 2.45) is 0 Å². The fourth-order valence-corrected chi connectivity index (χ4v) is 3.62. The van der Waals surface area contributed by atoms with E-state index in [2.05, 4.69) is 0 Å². The molecule has 0 aliphatic carbocycles. The molecular weight excluding hydrogens is 243 g/mol. The summed E-state index contributed by atoms with van der Waals surface area (Å²) in [5.41, 5.74) is 0. The first-order valence-corrected chi connectivity index (χ1v) is 8.99. The Bertz CT molecular complexity index is 165. The molecule has 0 aromatic heterocycles. The molecule has 1 aliphatic heterocycles. The van der Waals surface area contributed by atoms with E-state index in [1.807, 2.05) is 6.92 Å². The van der Waals surface area contributed by atoms with Gasteiger partial charge in [-0.3, -0.25) is 0 Å². The van der Waals surface area contributed by atoms with Crippen molar-refractivity contribution in [3.05, 3.63) is 0 Å². The summed E-state index contributed by atoms with van der Waals surface area (Å²) >= 11 is 12.0. The third-order valence-corrected chi connectivity index (χ3v) is 5.25. The van der Waals surface area contributed by atoms with Crippen LogP contribution in [0.25, 0.3) is 0 Å². The van der Waals surface area contributed by atoms with Crippen molar-refractivity contribution in [2.45, 2.75) is 25.5 Å². The van der Waals surface area contributed by atoms with Crippen LogP contribution in [-0.4, -0.2) is 39.5 Å². The average molecular weight is 259 g/mol. The molecule has 0 amide bonds. The van der Waals surface area contributed by atoms with E-state index in [0.29, 0.717) is 25.9 Å². The van der Waals surface area contributed by atoms with Crippen LogP contribution in [0.15, 0.2) is 0 Å². The highest BCUT2D eigenvalue weighted by Gasteiger charge is 2.29. The maximum absolute atomic E-state index is 5.99. The van der Waals surface area contributed by atoms with Crippen molar-refractivity contribution >= 4 is 29.1 Å². The minimum absolute atomic E-state index is 0.330. The Balaban J connectivity index is 1.90. The Morgan fingerprint density at radius 2 is 2.21 bits per heavy atom. The van der Waals surface area contributed by atoms with Crippen LogP contribution in [-0.2, 0) is 13.9 Å². The van der Waals surface area contributed by atoms with Crippen LogP contribution in [0.3, 0.4) is 0 Å². The summed E-state index contributed by atoms with van der Waals surface area (Å²) in [6, 6.07) is 0.718. The van der Waals surface area contributed by atoms with Crippen LogP contribution in [0.4, 0.5) is 0 Å². The van der Waals surface area contributed by atoms with Gasteiger partial charge in [-0.2, -0.15) is 0 Å². The maximum Gasteiger partial charge on any atom is 0.389 e. The molecule has 84 valence electrons. The van der Waals surface area contributed by atoms with Crippen molar-refractivity contribution in [1.29, 1.82) is 0 Å². The average Bonchev–Trinajstić information content (AvgIpc) is 2.87. The number of epoxide rings is 1. The van der Waals surface area contributed by atoms with Gasteiger partial charge in [-0.15, -0.1) is 22.2 Å². The second-order valence-corrected chi connectivity index (χ2v) is 9.51. The molecule has 1 aliphatic rings. The molecule has 0 N–H and O–H groups in total. The van der Waals surface area contributed by atoms with Gasteiger partial charge in [0.15, 0.2) is 0 Å². The number of hydrogen-bond acceptors (Lipinski definition) is 3. The molecule has 1 fully saturated rings. The van der Waals surface area contributed by atoms with E-state index < -0.39 is 6.94 Å². The summed E-state index contributed by atoms with van der Waals surface area (Å²) in [5, 5.41) is 0. The lowest BCUT2D eigenvalue weighted by molar-refractivity contribution is 0.116. The van der Waals surface area contributed by atoms with Crippen LogP contribution in [0.5, 0.6) is 0 Å². The Hall–Kier alpha value is 0.677. The van der Waals surface area contributed by atoms with Crippen molar-refractivity contribution in [1.82, 2.24) is 0 Å². The molecule has 1 unspecified atom stereocenters. The molecule has 1 rings (SSSR count). The van der Waals surface area contributed by atoms with Crippen LogP contribution in [0.2, 0.25) is 6.04 Å². The lowest BCUT2D eigenvalue weighted by atomic mass is 10.5. The van der Waals surface area contributed by atoms with Gasteiger partial charge < -0.3 is 13.9 Å². The zero-order valence-electron chi connectivity index (χ0n) is 8.30. The Morgan fingerprint density at radius 3 is 2.79 bits per heavy atom. The topological polar surface area (TPSA) is 31.0 Å². The van der Waals surface area contributed by atoms with Crippen molar-refractivity contribution in [3.63, 3.8) is 0 Å². The molecule has 1 atom stereocenters. The SMILES string of the molecule is CCO[Si](Cl)(Cl)CCCOCC1CO1. The van der Waals surface area contributed by atoms with E-state index in [4.69, 9.17) is 36.1 Å². The van der Waals surface area contributed by atoms with E-state index in [-0.39, 0.29) is 0 Å². The van der Waals surface area contributed by atoms with E-state index in [9.17, 15) is 0 Å². The van der Waals surface area contributed by atoms with E-state index in [0.717, 1.165) is 19.1 Å². The van der Waals surface area contributed by atoms with Crippen molar-refractivity contribution in [3.8, 4) is 0 Å². The zero-order valence-corrected chi connectivity index (χ0v) is 10.8. The quantitative estimate of drug-likeness (QED) is 0.290. The smallest absolute Gasteiger partial charge is 0.389 e. The third-order valence-electron chi connectivity index (χ3n) is 1.82. The van der Waals surface area contributed by atoms with Gasteiger partial charge in [-0.1, -0.05) is 0 Å². The van der Waals surface area contributed by atoms with E-state index in [1.165, 1.54) is 0 Å². The third kappa shape index (κ3) is 6.21. The van der Waals surface area contributed by atoms with Gasteiger partial charge in [-0.05, 0) is 19.4 Å². The van der Waals surface area contributed by atoms with Gasteiger partial charge in [0.25, 0.3) is 0 Å². The first kappa shape index (κ1) is 12.7. The number of rotatable bonds is 8. The summed E-state index contributed by atoms with van der Waals surface area (Å²) in [7, 11) is 0. The summed E-state index contributed by atoms with van der Waals surface area (Å²) in [4.78, 5) is 0. The predicted octanol–water partition coefficient (Wildman–Crippen LogP) is 2.24. The molecule has 0 saturated carbocycles. The lowest BCUT2D eigenvalue weighted by Gasteiger charge is -2.15. The molecule has 6 heteroatoms. The van der Waals surface area contributed by atoms with Crippen LogP contribution >= 0.6 is 22.2 Å². The van der Waals surface area contributed by atoms with Crippen LogP contribution in [0.1, 0.15) is 13.3 Å². The molecule has 0 radical (unpaired) electrons. The first-order valence-electron chi connectivity index (χ1n) is 4.85. The second-order valence-electron chi connectivity index (χ2n) is 3.20. The number of hydrogen-bond donors (Lipinski definition) is 0. The van der Waals surface area contributed by atoms with Crippen LogP contribution in [0, 0.1) is 0 Å². The van der Waals surface area contributed by atoms with E-state index >= 15 is 0 Å². The lowest BCUT2D eigenvalue weighted by Crippen LogP contribution is -2.24. The molecule has 0 spiro atoms. The monoisotopic (exact) mass is 258 g/mol. The molecule has 0 aromatic rings. The zero-order chi connectivity index (χ0) is 10.4. The fourth-order valence-electron chi connectivity index (χ4n) is 1.04. The number of ether oxygens (including phenoxy) is 2. The maximum atomic E-state index is 5.99. The summed E-state index contributed by atoms with van der Waals surface area (Å²) in [6.07, 6.45) is 1.18. The van der Waals surface area contributed by atoms with Gasteiger partial charge in [0.05, 0.1) is 13.2 Å². The van der Waals surface area contributed by atoms with Gasteiger partial charge >= 0.3 is 6.94 Å². The van der Waals surface area contributed by atoms with Gasteiger partial charge in [-0.25, -0.2) is 0 Å². The fraction of sp³-hybridized carbons (Fsp3) is 1.00. The van der Waals surface area contributed by atoms with E-state index in [1.54, 1.807) is 0 Å². The Labute approximate surface area is 95.2 Å². The summed E-state index contributed by atoms with van der Waals surface area (Å²) in [5.74, 6) is 0. The molecule has 1 heterocycles. The van der Waals surface area contributed by atoms with Crippen molar-refractivity contribution in [2.75, 3.05) is 26.4 Å².